The highest BCUT2D eigenvalue weighted by atomic mass is 14.9. The van der Waals surface area contributed by atoms with Crippen LogP contribution in [0.5, 0.6) is 0 Å². The van der Waals surface area contributed by atoms with E-state index in [1.54, 1.807) is 11.1 Å². The Hall–Kier alpha value is -0.850. The van der Waals surface area contributed by atoms with E-state index in [4.69, 9.17) is 0 Å². The van der Waals surface area contributed by atoms with E-state index in [2.05, 4.69) is 43.9 Å². The van der Waals surface area contributed by atoms with Crippen LogP contribution in [0.1, 0.15) is 63.5 Å². The molecule has 0 aliphatic carbocycles. The molecular weight excluding hydrogens is 206 g/mol. The largest absolute Gasteiger partial charge is 0.208 e. The van der Waals surface area contributed by atoms with E-state index in [1.165, 1.54) is 51.4 Å². The number of aryl methyl sites for hydroxylation is 3. The first-order valence-electron chi connectivity index (χ1n) is 7.25. The molecule has 1 rings (SSSR count). The molecule has 1 heteroatoms. The molecule has 1 heterocycles. The first-order chi connectivity index (χ1) is 8.27. The highest BCUT2D eigenvalue weighted by Crippen LogP contribution is 2.14. The van der Waals surface area contributed by atoms with Crippen LogP contribution >= 0.6 is 0 Å². The number of unbranched alkanes of at least 4 members (excludes halogenated alkanes) is 4. The first kappa shape index (κ1) is 14.2. The fraction of sp³-hybridized carbons (Fsp3) is 0.688. The van der Waals surface area contributed by atoms with Crippen LogP contribution in [0, 0.1) is 0 Å². The molecule has 1 aromatic rings. The Balaban J connectivity index is 2.59. The Morgan fingerprint density at radius 2 is 1.47 bits per heavy atom. The van der Waals surface area contributed by atoms with Gasteiger partial charge in [0.2, 0.25) is 0 Å². The Labute approximate surface area is 107 Å². The molecule has 0 atom stereocenters. The van der Waals surface area contributed by atoms with E-state index in [0.29, 0.717) is 0 Å². The molecular formula is C16H28N+. The zero-order chi connectivity index (χ0) is 12.5. The molecule has 0 aliphatic rings. The summed E-state index contributed by atoms with van der Waals surface area (Å²) < 4.78 is 2.19. The van der Waals surface area contributed by atoms with Gasteiger partial charge in [0.15, 0.2) is 12.4 Å². The number of rotatable bonds is 8. The number of pyridine rings is 1. The van der Waals surface area contributed by atoms with E-state index in [9.17, 15) is 0 Å². The maximum absolute atomic E-state index is 2.32. The Morgan fingerprint density at radius 1 is 0.882 bits per heavy atom. The minimum absolute atomic E-state index is 1.25. The van der Waals surface area contributed by atoms with Crippen molar-refractivity contribution >= 4 is 0 Å². The topological polar surface area (TPSA) is 3.88 Å². The van der Waals surface area contributed by atoms with Gasteiger partial charge in [0.05, 0.1) is 0 Å². The summed E-state index contributed by atoms with van der Waals surface area (Å²) in [7, 11) is 2.12. The van der Waals surface area contributed by atoms with Gasteiger partial charge in [-0.15, -0.1) is 0 Å². The first-order valence-corrected chi connectivity index (χ1v) is 7.25. The average molecular weight is 234 g/mol. The molecule has 1 nitrogen and oxygen atoms in total. The van der Waals surface area contributed by atoms with Gasteiger partial charge in [-0.25, -0.2) is 4.57 Å². The van der Waals surface area contributed by atoms with Crippen molar-refractivity contribution in [2.24, 2.45) is 7.05 Å². The molecule has 1 aromatic heterocycles. The summed E-state index contributed by atoms with van der Waals surface area (Å²) in [4.78, 5) is 0. The summed E-state index contributed by atoms with van der Waals surface area (Å²) in [5.74, 6) is 0. The molecule has 0 bridgehead atoms. The van der Waals surface area contributed by atoms with Crippen LogP contribution in [0.15, 0.2) is 18.5 Å². The van der Waals surface area contributed by atoms with Crippen molar-refractivity contribution < 1.29 is 4.57 Å². The fourth-order valence-electron chi connectivity index (χ4n) is 2.29. The third-order valence-electron chi connectivity index (χ3n) is 3.38. The molecule has 0 aliphatic heterocycles. The number of aromatic nitrogens is 1. The molecule has 96 valence electrons. The second kappa shape index (κ2) is 8.27. The summed E-state index contributed by atoms with van der Waals surface area (Å²) in [6.07, 6.45) is 15.0. The SMILES string of the molecule is CCCCCc1cc[n+](C)cc1CCCCC. The van der Waals surface area contributed by atoms with Gasteiger partial charge in [-0.05, 0) is 31.2 Å². The van der Waals surface area contributed by atoms with Crippen molar-refractivity contribution in [3.63, 3.8) is 0 Å². The number of hydrogen-bond acceptors (Lipinski definition) is 0. The smallest absolute Gasteiger partial charge is 0.171 e. The quantitative estimate of drug-likeness (QED) is 0.473. The Bertz CT molecular complexity index is 317. The van der Waals surface area contributed by atoms with Crippen LogP contribution in [-0.2, 0) is 19.9 Å². The zero-order valence-corrected chi connectivity index (χ0v) is 11.8. The second-order valence-corrected chi connectivity index (χ2v) is 5.07. The zero-order valence-electron chi connectivity index (χ0n) is 11.8. The lowest BCUT2D eigenvalue weighted by atomic mass is 9.99. The van der Waals surface area contributed by atoms with E-state index in [-0.39, 0.29) is 0 Å². The summed E-state index contributed by atoms with van der Waals surface area (Å²) in [6.45, 7) is 4.54. The molecule has 0 aromatic carbocycles. The van der Waals surface area contributed by atoms with Crippen LogP contribution in [0.3, 0.4) is 0 Å². The van der Waals surface area contributed by atoms with Crippen LogP contribution < -0.4 is 4.57 Å². The lowest BCUT2D eigenvalue weighted by Gasteiger charge is -2.07. The average Bonchev–Trinajstić information content (AvgIpc) is 2.32. The molecule has 17 heavy (non-hydrogen) atoms. The number of nitrogens with zero attached hydrogens (tertiary/aromatic N) is 1. The van der Waals surface area contributed by atoms with Crippen molar-refractivity contribution in [1.82, 2.24) is 0 Å². The monoisotopic (exact) mass is 234 g/mol. The van der Waals surface area contributed by atoms with E-state index in [0.717, 1.165) is 0 Å². The Kier molecular flexibility index (Phi) is 6.91. The summed E-state index contributed by atoms with van der Waals surface area (Å²) in [5, 5.41) is 0. The van der Waals surface area contributed by atoms with E-state index < -0.39 is 0 Å². The third kappa shape index (κ3) is 5.34. The molecule has 0 spiro atoms. The summed E-state index contributed by atoms with van der Waals surface area (Å²) in [5.41, 5.74) is 3.15. The second-order valence-electron chi connectivity index (χ2n) is 5.07. The van der Waals surface area contributed by atoms with E-state index in [1.807, 2.05) is 0 Å². The molecule has 0 radical (unpaired) electrons. The molecule has 0 saturated carbocycles. The maximum atomic E-state index is 2.32. The molecule has 0 saturated heterocycles. The van der Waals surface area contributed by atoms with Gasteiger partial charge in [-0.3, -0.25) is 0 Å². The third-order valence-corrected chi connectivity index (χ3v) is 3.38. The molecule has 0 unspecified atom stereocenters. The lowest BCUT2D eigenvalue weighted by molar-refractivity contribution is -0.672. The maximum Gasteiger partial charge on any atom is 0.171 e. The van der Waals surface area contributed by atoms with Gasteiger partial charge in [0.1, 0.15) is 7.05 Å². The lowest BCUT2D eigenvalue weighted by Crippen LogP contribution is -2.27. The van der Waals surface area contributed by atoms with Crippen LogP contribution in [0.2, 0.25) is 0 Å². The van der Waals surface area contributed by atoms with Crippen LogP contribution in [0.25, 0.3) is 0 Å². The molecule has 0 fully saturated rings. The molecule has 0 amide bonds. The van der Waals surface area contributed by atoms with Gasteiger partial charge in [0.25, 0.3) is 0 Å². The highest BCUT2D eigenvalue weighted by molar-refractivity contribution is 5.21. The van der Waals surface area contributed by atoms with Crippen molar-refractivity contribution in [3.05, 3.63) is 29.6 Å². The van der Waals surface area contributed by atoms with Gasteiger partial charge in [-0.2, -0.15) is 0 Å². The van der Waals surface area contributed by atoms with Crippen molar-refractivity contribution in [2.45, 2.75) is 65.2 Å². The molecule has 0 N–H and O–H groups in total. The predicted molar refractivity (Wildman–Crippen MR) is 74.1 cm³/mol. The van der Waals surface area contributed by atoms with Gasteiger partial charge in [0, 0.05) is 11.6 Å². The van der Waals surface area contributed by atoms with E-state index >= 15 is 0 Å². The summed E-state index contributed by atoms with van der Waals surface area (Å²) in [6, 6.07) is 2.32. The minimum atomic E-state index is 1.25. The van der Waals surface area contributed by atoms with Gasteiger partial charge in [-0.1, -0.05) is 39.5 Å². The van der Waals surface area contributed by atoms with Crippen LogP contribution in [-0.4, -0.2) is 0 Å². The van der Waals surface area contributed by atoms with Crippen LogP contribution in [0.4, 0.5) is 0 Å². The van der Waals surface area contributed by atoms with Gasteiger partial charge < -0.3 is 0 Å². The highest BCUT2D eigenvalue weighted by Gasteiger charge is 2.06. The van der Waals surface area contributed by atoms with Gasteiger partial charge >= 0.3 is 0 Å². The Morgan fingerprint density at radius 3 is 2.06 bits per heavy atom. The van der Waals surface area contributed by atoms with Crippen molar-refractivity contribution in [2.75, 3.05) is 0 Å². The standard InChI is InChI=1S/C16H28N/c1-4-6-8-10-15-12-13-17(3)14-16(15)11-9-7-5-2/h12-14H,4-11H2,1-3H3/q+1. The summed E-state index contributed by atoms with van der Waals surface area (Å²) >= 11 is 0. The minimum Gasteiger partial charge on any atom is -0.208 e. The fourth-order valence-corrected chi connectivity index (χ4v) is 2.29. The number of hydrogen-bond donors (Lipinski definition) is 0. The predicted octanol–water partition coefficient (Wildman–Crippen LogP) is 3.98. The normalized spacial score (nSPS) is 10.8. The van der Waals surface area contributed by atoms with Crippen molar-refractivity contribution in [1.29, 1.82) is 0 Å². The van der Waals surface area contributed by atoms with Crippen molar-refractivity contribution in [3.8, 4) is 0 Å².